The highest BCUT2D eigenvalue weighted by Gasteiger charge is 2.09. The van der Waals surface area contributed by atoms with Crippen molar-refractivity contribution in [3.63, 3.8) is 0 Å². The molecule has 0 aliphatic rings. The maximum absolute atomic E-state index is 12.3. The second-order valence-electron chi connectivity index (χ2n) is 6.16. The number of aryl methyl sites for hydroxylation is 1. The van der Waals surface area contributed by atoms with Crippen molar-refractivity contribution in [2.45, 2.75) is 6.92 Å². The SMILES string of the molecule is Cc1cccc(C(=O)Nc2cccc(C(=O)NN=Cc3ccccc3O)c2)c1. The summed E-state index contributed by atoms with van der Waals surface area (Å²) in [6.07, 6.45) is 1.36. The third kappa shape index (κ3) is 4.82. The monoisotopic (exact) mass is 373 g/mol. The first kappa shape index (κ1) is 18.8. The van der Waals surface area contributed by atoms with Crippen LogP contribution in [-0.2, 0) is 0 Å². The number of phenolic OH excluding ortho intramolecular Hbond substituents is 1. The topological polar surface area (TPSA) is 90.8 Å². The molecule has 0 saturated carbocycles. The Morgan fingerprint density at radius 2 is 1.61 bits per heavy atom. The van der Waals surface area contributed by atoms with Gasteiger partial charge in [-0.25, -0.2) is 5.43 Å². The minimum Gasteiger partial charge on any atom is -0.507 e. The van der Waals surface area contributed by atoms with Gasteiger partial charge in [0, 0.05) is 22.4 Å². The fourth-order valence-corrected chi connectivity index (χ4v) is 2.55. The first-order valence-corrected chi connectivity index (χ1v) is 8.62. The third-order valence-electron chi connectivity index (χ3n) is 3.97. The Kier molecular flexibility index (Phi) is 5.81. The van der Waals surface area contributed by atoms with Gasteiger partial charge in [-0.3, -0.25) is 9.59 Å². The first-order valence-electron chi connectivity index (χ1n) is 8.62. The Morgan fingerprint density at radius 1 is 0.893 bits per heavy atom. The van der Waals surface area contributed by atoms with Crippen LogP contribution in [0.3, 0.4) is 0 Å². The molecule has 0 unspecified atom stereocenters. The molecule has 2 amide bonds. The van der Waals surface area contributed by atoms with Gasteiger partial charge < -0.3 is 10.4 Å². The zero-order valence-corrected chi connectivity index (χ0v) is 15.2. The average Bonchev–Trinajstić information content (AvgIpc) is 2.69. The lowest BCUT2D eigenvalue weighted by molar-refractivity contribution is 0.0953. The molecule has 0 fully saturated rings. The number of carbonyl (C=O) groups excluding carboxylic acids is 2. The Hall–Kier alpha value is -3.93. The molecule has 0 aliphatic carbocycles. The summed E-state index contributed by atoms with van der Waals surface area (Å²) in [5.41, 5.74) is 5.27. The summed E-state index contributed by atoms with van der Waals surface area (Å²) in [6.45, 7) is 1.91. The summed E-state index contributed by atoms with van der Waals surface area (Å²) in [7, 11) is 0. The van der Waals surface area contributed by atoms with Crippen LogP contribution in [0.4, 0.5) is 5.69 Å². The van der Waals surface area contributed by atoms with E-state index in [4.69, 9.17) is 0 Å². The molecule has 0 heterocycles. The lowest BCUT2D eigenvalue weighted by Gasteiger charge is -2.07. The predicted octanol–water partition coefficient (Wildman–Crippen LogP) is 3.72. The maximum atomic E-state index is 12.3. The number of carbonyl (C=O) groups is 2. The summed E-state index contributed by atoms with van der Waals surface area (Å²) in [4.78, 5) is 24.6. The smallest absolute Gasteiger partial charge is 0.271 e. The summed E-state index contributed by atoms with van der Waals surface area (Å²) in [5, 5.41) is 16.3. The Labute approximate surface area is 162 Å². The molecule has 0 bridgehead atoms. The summed E-state index contributed by atoms with van der Waals surface area (Å²) in [6, 6.07) is 20.5. The van der Waals surface area contributed by atoms with E-state index in [-0.39, 0.29) is 11.7 Å². The number of aromatic hydroxyl groups is 1. The van der Waals surface area contributed by atoms with Crippen molar-refractivity contribution in [1.29, 1.82) is 0 Å². The van der Waals surface area contributed by atoms with Crippen molar-refractivity contribution in [2.24, 2.45) is 5.10 Å². The predicted molar refractivity (Wildman–Crippen MR) is 109 cm³/mol. The van der Waals surface area contributed by atoms with Crippen LogP contribution in [0.1, 0.15) is 31.8 Å². The summed E-state index contributed by atoms with van der Waals surface area (Å²) >= 11 is 0. The van der Waals surface area contributed by atoms with Gasteiger partial charge in [0.2, 0.25) is 0 Å². The van der Waals surface area contributed by atoms with Gasteiger partial charge in [0.15, 0.2) is 0 Å². The molecule has 140 valence electrons. The van der Waals surface area contributed by atoms with Crippen LogP contribution >= 0.6 is 0 Å². The number of hydrogen-bond acceptors (Lipinski definition) is 4. The third-order valence-corrected chi connectivity index (χ3v) is 3.97. The number of hydrogen-bond donors (Lipinski definition) is 3. The van der Waals surface area contributed by atoms with Crippen LogP contribution < -0.4 is 10.7 Å². The number of hydrazone groups is 1. The lowest BCUT2D eigenvalue weighted by Crippen LogP contribution is -2.18. The minimum absolute atomic E-state index is 0.0707. The minimum atomic E-state index is -0.432. The van der Waals surface area contributed by atoms with Gasteiger partial charge in [-0.05, 0) is 49.4 Å². The number of para-hydroxylation sites is 1. The molecule has 0 atom stereocenters. The quantitative estimate of drug-likeness (QED) is 0.470. The number of benzene rings is 3. The molecule has 3 rings (SSSR count). The maximum Gasteiger partial charge on any atom is 0.271 e. The molecule has 3 N–H and O–H groups in total. The summed E-state index contributed by atoms with van der Waals surface area (Å²) in [5.74, 6) is -0.612. The number of rotatable bonds is 5. The van der Waals surface area contributed by atoms with Gasteiger partial charge >= 0.3 is 0 Å². The van der Waals surface area contributed by atoms with Crippen molar-refractivity contribution in [2.75, 3.05) is 5.32 Å². The Balaban J connectivity index is 1.66. The van der Waals surface area contributed by atoms with E-state index in [0.29, 0.717) is 22.4 Å². The van der Waals surface area contributed by atoms with Crippen LogP contribution in [0.15, 0.2) is 77.9 Å². The van der Waals surface area contributed by atoms with E-state index in [1.54, 1.807) is 54.6 Å². The first-order chi connectivity index (χ1) is 13.5. The zero-order chi connectivity index (χ0) is 19.9. The zero-order valence-electron chi connectivity index (χ0n) is 15.2. The van der Waals surface area contributed by atoms with E-state index in [1.807, 2.05) is 19.1 Å². The number of nitrogens with one attached hydrogen (secondary N) is 2. The number of amides is 2. The highest BCUT2D eigenvalue weighted by Crippen LogP contribution is 2.14. The van der Waals surface area contributed by atoms with Crippen LogP contribution in [0, 0.1) is 6.92 Å². The number of anilines is 1. The fourth-order valence-electron chi connectivity index (χ4n) is 2.55. The van der Waals surface area contributed by atoms with Crippen molar-refractivity contribution >= 4 is 23.7 Å². The van der Waals surface area contributed by atoms with Gasteiger partial charge in [0.05, 0.1) is 6.21 Å². The molecule has 3 aromatic carbocycles. The molecule has 0 radical (unpaired) electrons. The second kappa shape index (κ2) is 8.64. The largest absolute Gasteiger partial charge is 0.507 e. The molecule has 0 spiro atoms. The number of phenols is 1. The van der Waals surface area contributed by atoms with Crippen LogP contribution in [0.5, 0.6) is 5.75 Å². The van der Waals surface area contributed by atoms with Crippen LogP contribution in [0.2, 0.25) is 0 Å². The summed E-state index contributed by atoms with van der Waals surface area (Å²) < 4.78 is 0. The van der Waals surface area contributed by atoms with E-state index < -0.39 is 5.91 Å². The van der Waals surface area contributed by atoms with Crippen molar-refractivity contribution in [3.8, 4) is 5.75 Å². The van der Waals surface area contributed by atoms with Gasteiger partial charge in [0.25, 0.3) is 11.8 Å². The Morgan fingerprint density at radius 3 is 2.36 bits per heavy atom. The number of nitrogens with zero attached hydrogens (tertiary/aromatic N) is 1. The molecular formula is C22H19N3O3. The highest BCUT2D eigenvalue weighted by molar-refractivity contribution is 6.05. The average molecular weight is 373 g/mol. The van der Waals surface area contributed by atoms with Crippen molar-refractivity contribution < 1.29 is 14.7 Å². The standard InChI is InChI=1S/C22H19N3O3/c1-15-6-4-8-16(12-15)21(27)24-19-10-5-9-17(13-19)22(28)25-23-14-18-7-2-3-11-20(18)26/h2-14,26H,1H3,(H,24,27)(H,25,28). The van der Waals surface area contributed by atoms with E-state index in [9.17, 15) is 14.7 Å². The van der Waals surface area contributed by atoms with Gasteiger partial charge in [-0.2, -0.15) is 5.10 Å². The normalized spacial score (nSPS) is 10.6. The van der Waals surface area contributed by atoms with Crippen LogP contribution in [-0.4, -0.2) is 23.1 Å². The van der Waals surface area contributed by atoms with E-state index >= 15 is 0 Å². The molecule has 0 saturated heterocycles. The Bertz CT molecular complexity index is 1040. The molecule has 6 nitrogen and oxygen atoms in total. The molecule has 6 heteroatoms. The molecule has 0 aromatic heterocycles. The van der Waals surface area contributed by atoms with Crippen LogP contribution in [0.25, 0.3) is 0 Å². The van der Waals surface area contributed by atoms with E-state index in [1.165, 1.54) is 12.3 Å². The molecule has 3 aromatic rings. The fraction of sp³-hybridized carbons (Fsp3) is 0.0455. The van der Waals surface area contributed by atoms with Gasteiger partial charge in [-0.15, -0.1) is 0 Å². The van der Waals surface area contributed by atoms with Gasteiger partial charge in [-0.1, -0.05) is 35.9 Å². The van der Waals surface area contributed by atoms with Gasteiger partial charge in [0.1, 0.15) is 5.75 Å². The van der Waals surface area contributed by atoms with Crippen molar-refractivity contribution in [3.05, 3.63) is 95.1 Å². The molecule has 0 aliphatic heterocycles. The molecule has 28 heavy (non-hydrogen) atoms. The highest BCUT2D eigenvalue weighted by atomic mass is 16.3. The van der Waals surface area contributed by atoms with E-state index in [0.717, 1.165) is 5.56 Å². The van der Waals surface area contributed by atoms with E-state index in [2.05, 4.69) is 15.8 Å². The second-order valence-corrected chi connectivity index (χ2v) is 6.16. The van der Waals surface area contributed by atoms with Crippen molar-refractivity contribution in [1.82, 2.24) is 5.43 Å². The lowest BCUT2D eigenvalue weighted by atomic mass is 10.1. The molecular weight excluding hydrogens is 354 g/mol.